The van der Waals surface area contributed by atoms with E-state index in [9.17, 15) is 4.39 Å². The molecule has 0 radical (unpaired) electrons. The third-order valence-electron chi connectivity index (χ3n) is 1.85. The van der Waals surface area contributed by atoms with Crippen molar-refractivity contribution in [1.29, 1.82) is 5.26 Å². The first-order valence-electron chi connectivity index (χ1n) is 4.75. The first-order valence-corrected chi connectivity index (χ1v) is 4.75. The molecular weight excluding hydrogens is 193 g/mol. The molecule has 1 aromatic rings. The Kier molecular flexibility index (Phi) is 3.43. The molecule has 2 nitrogen and oxygen atoms in total. The van der Waals surface area contributed by atoms with Crippen LogP contribution in [0.2, 0.25) is 0 Å². The van der Waals surface area contributed by atoms with Gasteiger partial charge in [-0.05, 0) is 44.5 Å². The van der Waals surface area contributed by atoms with Gasteiger partial charge in [0.15, 0.2) is 0 Å². The Labute approximate surface area is 89.3 Å². The Hall–Kier alpha value is -1.40. The average Bonchev–Trinajstić information content (AvgIpc) is 2.14. The third kappa shape index (κ3) is 3.69. The van der Waals surface area contributed by atoms with Crippen LogP contribution in [0.1, 0.15) is 31.9 Å². The van der Waals surface area contributed by atoms with Crippen molar-refractivity contribution < 1.29 is 9.13 Å². The van der Waals surface area contributed by atoms with Crippen molar-refractivity contribution in [2.24, 2.45) is 0 Å². The lowest BCUT2D eigenvalue weighted by atomic mass is 10.1. The number of nitrogens with zero attached hydrogens (tertiary/aromatic N) is 1. The van der Waals surface area contributed by atoms with Crippen LogP contribution in [0.5, 0.6) is 0 Å². The summed E-state index contributed by atoms with van der Waals surface area (Å²) >= 11 is 0. The standard InChI is InChI=1S/C12H14FNO/c1-12(2,3)15-8-10-6-11(13)5-4-9(10)7-14/h4-6H,8H2,1-3H3. The fourth-order valence-corrected chi connectivity index (χ4v) is 1.09. The predicted molar refractivity (Wildman–Crippen MR) is 55.7 cm³/mol. The number of benzene rings is 1. The first kappa shape index (κ1) is 11.7. The molecule has 0 saturated carbocycles. The average molecular weight is 207 g/mol. The van der Waals surface area contributed by atoms with Crippen molar-refractivity contribution in [3.8, 4) is 6.07 Å². The van der Waals surface area contributed by atoms with Gasteiger partial charge < -0.3 is 4.74 Å². The summed E-state index contributed by atoms with van der Waals surface area (Å²) in [5.74, 6) is -0.346. The Bertz CT molecular complexity index is 388. The van der Waals surface area contributed by atoms with Crippen LogP contribution in [0, 0.1) is 17.1 Å². The zero-order valence-electron chi connectivity index (χ0n) is 9.17. The molecule has 1 rings (SSSR count). The Morgan fingerprint density at radius 1 is 1.40 bits per heavy atom. The summed E-state index contributed by atoms with van der Waals surface area (Å²) in [6.07, 6.45) is 0. The van der Waals surface area contributed by atoms with Gasteiger partial charge in [0.1, 0.15) is 5.82 Å². The van der Waals surface area contributed by atoms with Crippen LogP contribution in [-0.4, -0.2) is 5.60 Å². The quantitative estimate of drug-likeness (QED) is 0.746. The van der Waals surface area contributed by atoms with Gasteiger partial charge >= 0.3 is 0 Å². The molecule has 3 heteroatoms. The van der Waals surface area contributed by atoms with E-state index in [1.165, 1.54) is 18.2 Å². The topological polar surface area (TPSA) is 33.0 Å². The third-order valence-corrected chi connectivity index (χ3v) is 1.85. The van der Waals surface area contributed by atoms with E-state index in [1.54, 1.807) is 0 Å². The van der Waals surface area contributed by atoms with Crippen molar-refractivity contribution >= 4 is 0 Å². The van der Waals surface area contributed by atoms with Gasteiger partial charge in [-0.25, -0.2) is 4.39 Å². The minimum atomic E-state index is -0.346. The van der Waals surface area contributed by atoms with Gasteiger partial charge in [0.05, 0.1) is 23.8 Å². The van der Waals surface area contributed by atoms with Crippen molar-refractivity contribution in [2.45, 2.75) is 33.0 Å². The van der Waals surface area contributed by atoms with Crippen molar-refractivity contribution in [2.75, 3.05) is 0 Å². The fraction of sp³-hybridized carbons (Fsp3) is 0.417. The second kappa shape index (κ2) is 4.41. The van der Waals surface area contributed by atoms with E-state index in [4.69, 9.17) is 10.00 Å². The first-order chi connectivity index (χ1) is 6.92. The molecular formula is C12H14FNO. The highest BCUT2D eigenvalue weighted by molar-refractivity contribution is 5.37. The summed E-state index contributed by atoms with van der Waals surface area (Å²) in [6.45, 7) is 6.00. The van der Waals surface area contributed by atoms with E-state index < -0.39 is 0 Å². The van der Waals surface area contributed by atoms with Gasteiger partial charge in [0.2, 0.25) is 0 Å². The molecule has 0 amide bonds. The van der Waals surface area contributed by atoms with Gasteiger partial charge in [0, 0.05) is 0 Å². The van der Waals surface area contributed by atoms with Gasteiger partial charge in [-0.3, -0.25) is 0 Å². The lowest BCUT2D eigenvalue weighted by Crippen LogP contribution is -2.19. The fourth-order valence-electron chi connectivity index (χ4n) is 1.09. The van der Waals surface area contributed by atoms with E-state index in [-0.39, 0.29) is 18.0 Å². The van der Waals surface area contributed by atoms with Crippen LogP contribution in [0.25, 0.3) is 0 Å². The van der Waals surface area contributed by atoms with E-state index in [0.717, 1.165) is 0 Å². The summed E-state index contributed by atoms with van der Waals surface area (Å²) in [6, 6.07) is 6.10. The Morgan fingerprint density at radius 2 is 2.07 bits per heavy atom. The summed E-state index contributed by atoms with van der Waals surface area (Å²) in [5.41, 5.74) is 0.757. The van der Waals surface area contributed by atoms with E-state index in [0.29, 0.717) is 11.1 Å². The molecule has 0 N–H and O–H groups in total. The highest BCUT2D eigenvalue weighted by Crippen LogP contribution is 2.16. The molecule has 0 aliphatic heterocycles. The van der Waals surface area contributed by atoms with Crippen LogP contribution < -0.4 is 0 Å². The van der Waals surface area contributed by atoms with E-state index in [2.05, 4.69) is 0 Å². The van der Waals surface area contributed by atoms with Crippen LogP contribution in [0.4, 0.5) is 4.39 Å². The highest BCUT2D eigenvalue weighted by Gasteiger charge is 2.12. The smallest absolute Gasteiger partial charge is 0.123 e. The zero-order valence-corrected chi connectivity index (χ0v) is 9.17. The molecule has 0 saturated heterocycles. The maximum absolute atomic E-state index is 12.9. The summed E-state index contributed by atoms with van der Waals surface area (Å²) in [5, 5.41) is 8.81. The molecule has 0 atom stereocenters. The normalized spacial score (nSPS) is 11.1. The van der Waals surface area contributed by atoms with E-state index >= 15 is 0 Å². The maximum Gasteiger partial charge on any atom is 0.123 e. The second-order valence-electron chi connectivity index (χ2n) is 4.31. The minimum Gasteiger partial charge on any atom is -0.371 e. The Morgan fingerprint density at radius 3 is 2.60 bits per heavy atom. The number of halogens is 1. The molecule has 0 aromatic heterocycles. The summed E-state index contributed by atoms with van der Waals surface area (Å²) in [7, 11) is 0. The number of hydrogen-bond donors (Lipinski definition) is 0. The SMILES string of the molecule is CC(C)(C)OCc1cc(F)ccc1C#N. The molecule has 0 aliphatic rings. The summed E-state index contributed by atoms with van der Waals surface area (Å²) < 4.78 is 18.4. The molecule has 0 heterocycles. The van der Waals surface area contributed by atoms with Crippen LogP contribution >= 0.6 is 0 Å². The molecule has 0 unspecified atom stereocenters. The van der Waals surface area contributed by atoms with Crippen LogP contribution in [0.3, 0.4) is 0 Å². The van der Waals surface area contributed by atoms with Crippen LogP contribution in [-0.2, 0) is 11.3 Å². The molecule has 15 heavy (non-hydrogen) atoms. The molecule has 0 fully saturated rings. The highest BCUT2D eigenvalue weighted by atomic mass is 19.1. The molecule has 80 valence electrons. The van der Waals surface area contributed by atoms with Crippen molar-refractivity contribution in [3.63, 3.8) is 0 Å². The van der Waals surface area contributed by atoms with Gasteiger partial charge in [-0.2, -0.15) is 5.26 Å². The largest absolute Gasteiger partial charge is 0.371 e. The lowest BCUT2D eigenvalue weighted by Gasteiger charge is -2.19. The summed E-state index contributed by atoms with van der Waals surface area (Å²) in [4.78, 5) is 0. The van der Waals surface area contributed by atoms with E-state index in [1.807, 2.05) is 26.8 Å². The number of ether oxygens (including phenoxy) is 1. The number of rotatable bonds is 2. The molecule has 1 aromatic carbocycles. The molecule has 0 spiro atoms. The number of hydrogen-bond acceptors (Lipinski definition) is 2. The zero-order chi connectivity index (χ0) is 11.5. The monoisotopic (exact) mass is 207 g/mol. The second-order valence-corrected chi connectivity index (χ2v) is 4.31. The van der Waals surface area contributed by atoms with Crippen molar-refractivity contribution in [3.05, 3.63) is 35.1 Å². The Balaban J connectivity index is 2.85. The van der Waals surface area contributed by atoms with Gasteiger partial charge in [-0.1, -0.05) is 0 Å². The predicted octanol–water partition coefficient (Wildman–Crippen LogP) is 3.01. The van der Waals surface area contributed by atoms with Gasteiger partial charge in [-0.15, -0.1) is 0 Å². The molecule has 0 aliphatic carbocycles. The molecule has 0 bridgehead atoms. The number of nitriles is 1. The maximum atomic E-state index is 12.9. The van der Waals surface area contributed by atoms with Crippen LogP contribution in [0.15, 0.2) is 18.2 Å². The van der Waals surface area contributed by atoms with Crippen molar-refractivity contribution in [1.82, 2.24) is 0 Å². The van der Waals surface area contributed by atoms with Gasteiger partial charge in [0.25, 0.3) is 0 Å². The minimum absolute atomic E-state index is 0.254. The lowest BCUT2D eigenvalue weighted by molar-refractivity contribution is -0.0151.